The Kier molecular flexibility index (Phi) is 3.24. The Balaban J connectivity index is 1.83. The van der Waals surface area contributed by atoms with Gasteiger partial charge < -0.3 is 0 Å². The highest BCUT2D eigenvalue weighted by Crippen LogP contribution is 2.28. The van der Waals surface area contributed by atoms with Crippen LogP contribution in [0.15, 0.2) is 29.1 Å². The number of hydrogen-bond donors (Lipinski definition) is 1. The predicted octanol–water partition coefficient (Wildman–Crippen LogP) is 1.33. The van der Waals surface area contributed by atoms with Crippen LogP contribution < -0.4 is 0 Å². The Morgan fingerprint density at radius 2 is 2.00 bits per heavy atom. The van der Waals surface area contributed by atoms with Crippen LogP contribution in [0.5, 0.6) is 0 Å². The number of fused-ring (bicyclic) bond motifs is 1. The minimum atomic E-state index is 0.212. The summed E-state index contributed by atoms with van der Waals surface area (Å²) in [6.45, 7) is 3.63. The molecular weight excluding hydrogens is 324 g/mol. The van der Waals surface area contributed by atoms with E-state index < -0.39 is 0 Å². The Bertz CT molecular complexity index is 1120. The number of nitrogens with zero attached hydrogens (tertiary/aromatic N) is 11. The van der Waals surface area contributed by atoms with E-state index in [4.69, 9.17) is 0 Å². The molecular formula is C13H10N12. The minimum absolute atomic E-state index is 0.212. The number of aromatic amines is 1. The first-order chi connectivity index (χ1) is 12.2. The first kappa shape index (κ1) is 14.6. The van der Waals surface area contributed by atoms with Gasteiger partial charge in [-0.15, -0.1) is 10.2 Å². The molecule has 4 rings (SSSR count). The average Bonchev–Trinajstić information content (AvgIpc) is 3.29. The van der Waals surface area contributed by atoms with Gasteiger partial charge in [0.15, 0.2) is 17.2 Å². The number of nitrogens with one attached hydrogen (secondary N) is 1. The van der Waals surface area contributed by atoms with Crippen molar-refractivity contribution in [3.05, 3.63) is 35.9 Å². The highest BCUT2D eigenvalue weighted by Gasteiger charge is 2.16. The molecule has 1 N–H and O–H groups in total. The average molecular weight is 334 g/mol. The van der Waals surface area contributed by atoms with Gasteiger partial charge in [-0.1, -0.05) is 0 Å². The van der Waals surface area contributed by atoms with Crippen molar-refractivity contribution in [2.75, 3.05) is 0 Å². The van der Waals surface area contributed by atoms with Crippen molar-refractivity contribution in [1.82, 2.24) is 44.5 Å². The first-order valence-corrected chi connectivity index (χ1v) is 7.11. The maximum Gasteiger partial charge on any atom is 0.255 e. The van der Waals surface area contributed by atoms with E-state index in [0.717, 1.165) is 0 Å². The predicted molar refractivity (Wildman–Crippen MR) is 82.7 cm³/mol. The second-order valence-electron chi connectivity index (χ2n) is 5.01. The Morgan fingerprint density at radius 3 is 2.76 bits per heavy atom. The van der Waals surface area contributed by atoms with Crippen LogP contribution in [0.3, 0.4) is 0 Å². The third kappa shape index (κ3) is 2.30. The normalized spacial score (nSPS) is 11.4. The van der Waals surface area contributed by atoms with Crippen LogP contribution in [0.25, 0.3) is 11.6 Å². The molecule has 0 aliphatic carbocycles. The molecule has 0 aliphatic heterocycles. The van der Waals surface area contributed by atoms with Crippen molar-refractivity contribution in [3.8, 4) is 12.0 Å². The maximum absolute atomic E-state index is 9.27. The molecule has 0 radical (unpaired) electrons. The smallest absolute Gasteiger partial charge is 0.255 e. The van der Waals surface area contributed by atoms with Crippen molar-refractivity contribution in [1.29, 1.82) is 5.26 Å². The quantitative estimate of drug-likeness (QED) is 0.555. The van der Waals surface area contributed by atoms with Crippen molar-refractivity contribution < 1.29 is 0 Å². The number of H-pyrrole nitrogens is 1. The van der Waals surface area contributed by atoms with E-state index in [2.05, 4.69) is 45.6 Å². The third-order valence-corrected chi connectivity index (χ3v) is 3.44. The first-order valence-electron chi connectivity index (χ1n) is 7.11. The van der Waals surface area contributed by atoms with E-state index in [1.165, 1.54) is 23.5 Å². The fraction of sp³-hybridized carbons (Fsp3) is 0.154. The molecule has 0 aromatic carbocycles. The molecule has 4 heterocycles. The van der Waals surface area contributed by atoms with Gasteiger partial charge in [0.1, 0.15) is 30.1 Å². The van der Waals surface area contributed by atoms with Crippen LogP contribution in [-0.4, -0.2) is 44.5 Å². The molecule has 4 aromatic rings. The number of nitriles is 1. The molecule has 0 amide bonds. The lowest BCUT2D eigenvalue weighted by molar-refractivity contribution is 0.790. The molecule has 122 valence electrons. The summed E-state index contributed by atoms with van der Waals surface area (Å²) in [6, 6.07) is 2.02. The SMILES string of the molecule is Cc1nn2c(C)n[nH]c2c1/N=N/c1c(C#N)cnn1-c1ncncn1. The minimum Gasteiger partial charge on any atom is -0.258 e. The summed E-state index contributed by atoms with van der Waals surface area (Å²) in [7, 11) is 0. The number of hydrogen-bond acceptors (Lipinski definition) is 9. The van der Waals surface area contributed by atoms with Crippen LogP contribution in [0.1, 0.15) is 17.1 Å². The molecule has 0 saturated carbocycles. The fourth-order valence-corrected chi connectivity index (χ4v) is 2.26. The van der Waals surface area contributed by atoms with E-state index >= 15 is 0 Å². The van der Waals surface area contributed by atoms with Crippen LogP contribution in [0.2, 0.25) is 0 Å². The fourth-order valence-electron chi connectivity index (χ4n) is 2.26. The summed E-state index contributed by atoms with van der Waals surface area (Å²) in [5.41, 5.74) is 2.05. The van der Waals surface area contributed by atoms with Crippen molar-refractivity contribution in [2.24, 2.45) is 10.2 Å². The van der Waals surface area contributed by atoms with Crippen molar-refractivity contribution in [2.45, 2.75) is 13.8 Å². The number of rotatable bonds is 3. The molecule has 0 atom stereocenters. The molecule has 25 heavy (non-hydrogen) atoms. The summed E-state index contributed by atoms with van der Waals surface area (Å²) in [5, 5.41) is 33.1. The third-order valence-electron chi connectivity index (χ3n) is 3.44. The molecule has 0 fully saturated rings. The summed E-state index contributed by atoms with van der Waals surface area (Å²) in [5.74, 6) is 1.15. The molecule has 0 spiro atoms. The maximum atomic E-state index is 9.27. The van der Waals surface area contributed by atoms with Crippen molar-refractivity contribution >= 4 is 17.2 Å². The molecule has 4 aromatic heterocycles. The van der Waals surface area contributed by atoms with Gasteiger partial charge in [0.2, 0.25) is 0 Å². The Labute approximate surface area is 139 Å². The van der Waals surface area contributed by atoms with Gasteiger partial charge in [0.05, 0.1) is 11.9 Å². The highest BCUT2D eigenvalue weighted by atomic mass is 15.4. The summed E-state index contributed by atoms with van der Waals surface area (Å²) in [6.07, 6.45) is 4.03. The van der Waals surface area contributed by atoms with E-state index in [-0.39, 0.29) is 17.3 Å². The van der Waals surface area contributed by atoms with E-state index in [0.29, 0.717) is 22.9 Å². The zero-order chi connectivity index (χ0) is 17.4. The molecule has 0 saturated heterocycles. The highest BCUT2D eigenvalue weighted by molar-refractivity contribution is 5.66. The van der Waals surface area contributed by atoms with Gasteiger partial charge >= 0.3 is 0 Å². The zero-order valence-electron chi connectivity index (χ0n) is 13.2. The van der Waals surface area contributed by atoms with Gasteiger partial charge in [-0.3, -0.25) is 5.10 Å². The lowest BCUT2D eigenvalue weighted by Crippen LogP contribution is -2.02. The lowest BCUT2D eigenvalue weighted by Gasteiger charge is -1.99. The number of aryl methyl sites for hydroxylation is 2. The number of azo groups is 1. The second-order valence-corrected chi connectivity index (χ2v) is 5.01. The van der Waals surface area contributed by atoms with Crippen molar-refractivity contribution in [3.63, 3.8) is 0 Å². The standard InChI is InChI=1S/C13H10N12/c1-7-10(12-22-19-8(2)24(12)23-7)20-21-11-9(3-14)4-18-25(11)13-16-5-15-6-17-13/h4-6,22H,1-2H3/b21-20+. The van der Waals surface area contributed by atoms with E-state index in [1.807, 2.05) is 19.9 Å². The Hall–Kier alpha value is -4.01. The molecule has 0 unspecified atom stereocenters. The van der Waals surface area contributed by atoms with Gasteiger partial charge in [-0.05, 0) is 13.8 Å². The monoisotopic (exact) mass is 334 g/mol. The Morgan fingerprint density at radius 1 is 1.20 bits per heavy atom. The lowest BCUT2D eigenvalue weighted by atomic mass is 10.4. The topological polar surface area (TPSA) is 151 Å². The molecule has 0 bridgehead atoms. The van der Waals surface area contributed by atoms with Gasteiger partial charge in [0.25, 0.3) is 5.95 Å². The van der Waals surface area contributed by atoms with Gasteiger partial charge in [0, 0.05) is 0 Å². The van der Waals surface area contributed by atoms with Gasteiger partial charge in [-0.25, -0.2) is 4.98 Å². The summed E-state index contributed by atoms with van der Waals surface area (Å²) < 4.78 is 2.95. The summed E-state index contributed by atoms with van der Waals surface area (Å²) >= 11 is 0. The van der Waals surface area contributed by atoms with Crippen LogP contribution in [-0.2, 0) is 0 Å². The van der Waals surface area contributed by atoms with Crippen LogP contribution >= 0.6 is 0 Å². The summed E-state index contributed by atoms with van der Waals surface area (Å²) in [4.78, 5) is 11.8. The van der Waals surface area contributed by atoms with Gasteiger partial charge in [-0.2, -0.15) is 39.7 Å². The largest absolute Gasteiger partial charge is 0.258 e. The van der Waals surface area contributed by atoms with E-state index in [1.54, 1.807) is 4.52 Å². The second kappa shape index (κ2) is 5.57. The van der Waals surface area contributed by atoms with Crippen LogP contribution in [0.4, 0.5) is 11.5 Å². The number of aromatic nitrogens is 9. The zero-order valence-corrected chi connectivity index (χ0v) is 13.2. The molecule has 0 aliphatic rings. The molecule has 12 nitrogen and oxygen atoms in total. The van der Waals surface area contributed by atoms with E-state index in [9.17, 15) is 5.26 Å². The molecule has 12 heteroatoms. The van der Waals surface area contributed by atoms with Crippen LogP contribution in [0, 0.1) is 25.2 Å².